The molecule has 2 rings (SSSR count). The molecule has 1 aromatic heterocycles. The molecule has 2 N–H and O–H groups in total. The SMILES string of the molecule is COc1ncccc1CNC1(CO)CCCC(C)C1. The molecule has 106 valence electrons. The predicted octanol–water partition coefficient (Wildman–Crippen LogP) is 2.12. The average Bonchev–Trinajstić information content (AvgIpc) is 2.45. The Morgan fingerprint density at radius 2 is 2.42 bits per heavy atom. The number of aromatic nitrogens is 1. The normalized spacial score (nSPS) is 27.2. The van der Waals surface area contributed by atoms with Gasteiger partial charge in [-0.05, 0) is 24.8 Å². The minimum Gasteiger partial charge on any atom is -0.481 e. The van der Waals surface area contributed by atoms with Gasteiger partial charge in [0.2, 0.25) is 5.88 Å². The molecular weight excluding hydrogens is 240 g/mol. The molecule has 0 radical (unpaired) electrons. The van der Waals surface area contributed by atoms with Crippen molar-refractivity contribution in [2.24, 2.45) is 5.92 Å². The molecule has 1 saturated carbocycles. The van der Waals surface area contributed by atoms with E-state index in [-0.39, 0.29) is 12.1 Å². The topological polar surface area (TPSA) is 54.4 Å². The van der Waals surface area contributed by atoms with Gasteiger partial charge in [0.25, 0.3) is 0 Å². The second-order valence-corrected chi connectivity index (χ2v) is 5.67. The van der Waals surface area contributed by atoms with Gasteiger partial charge in [0.1, 0.15) is 0 Å². The molecule has 1 aliphatic rings. The minimum absolute atomic E-state index is 0.140. The third kappa shape index (κ3) is 3.45. The lowest BCUT2D eigenvalue weighted by molar-refractivity contribution is 0.0979. The molecule has 0 aromatic carbocycles. The van der Waals surface area contributed by atoms with Crippen molar-refractivity contribution in [3.8, 4) is 5.88 Å². The van der Waals surface area contributed by atoms with Gasteiger partial charge in [-0.25, -0.2) is 4.98 Å². The maximum Gasteiger partial charge on any atom is 0.217 e. The third-order valence-electron chi connectivity index (χ3n) is 4.09. The number of rotatable bonds is 5. The van der Waals surface area contributed by atoms with E-state index >= 15 is 0 Å². The first kappa shape index (κ1) is 14.3. The average molecular weight is 264 g/mol. The molecule has 19 heavy (non-hydrogen) atoms. The van der Waals surface area contributed by atoms with Gasteiger partial charge in [-0.2, -0.15) is 0 Å². The van der Waals surface area contributed by atoms with Crippen LogP contribution in [0.3, 0.4) is 0 Å². The van der Waals surface area contributed by atoms with E-state index in [4.69, 9.17) is 4.74 Å². The molecule has 0 saturated heterocycles. The molecule has 1 aromatic rings. The lowest BCUT2D eigenvalue weighted by atomic mass is 9.77. The van der Waals surface area contributed by atoms with Crippen LogP contribution in [-0.4, -0.2) is 29.3 Å². The predicted molar refractivity (Wildman–Crippen MR) is 75.1 cm³/mol. The van der Waals surface area contributed by atoms with Crippen molar-refractivity contribution in [1.29, 1.82) is 0 Å². The summed E-state index contributed by atoms with van der Waals surface area (Å²) in [5.74, 6) is 1.33. The van der Waals surface area contributed by atoms with E-state index in [1.54, 1.807) is 13.3 Å². The van der Waals surface area contributed by atoms with Crippen molar-refractivity contribution in [2.45, 2.75) is 44.7 Å². The first-order valence-electron chi connectivity index (χ1n) is 7.03. The number of ether oxygens (including phenoxy) is 1. The lowest BCUT2D eigenvalue weighted by Crippen LogP contribution is -2.51. The maximum absolute atomic E-state index is 9.75. The van der Waals surface area contributed by atoms with Crippen LogP contribution in [0.4, 0.5) is 0 Å². The number of hydrogen-bond acceptors (Lipinski definition) is 4. The van der Waals surface area contributed by atoms with Crippen LogP contribution in [0.1, 0.15) is 38.2 Å². The van der Waals surface area contributed by atoms with Crippen LogP contribution in [0.5, 0.6) is 5.88 Å². The number of methoxy groups -OCH3 is 1. The highest BCUT2D eigenvalue weighted by Crippen LogP contribution is 2.32. The van der Waals surface area contributed by atoms with Crippen molar-refractivity contribution < 1.29 is 9.84 Å². The van der Waals surface area contributed by atoms with E-state index in [9.17, 15) is 5.11 Å². The van der Waals surface area contributed by atoms with Crippen LogP contribution in [0, 0.1) is 5.92 Å². The second kappa shape index (κ2) is 6.35. The van der Waals surface area contributed by atoms with Gasteiger partial charge in [-0.1, -0.05) is 25.8 Å². The Morgan fingerprint density at radius 3 is 3.11 bits per heavy atom. The van der Waals surface area contributed by atoms with Crippen LogP contribution in [0.25, 0.3) is 0 Å². The van der Waals surface area contributed by atoms with Gasteiger partial charge in [-0.3, -0.25) is 0 Å². The summed E-state index contributed by atoms with van der Waals surface area (Å²) < 4.78 is 5.26. The summed E-state index contributed by atoms with van der Waals surface area (Å²) in [6.45, 7) is 3.14. The van der Waals surface area contributed by atoms with Crippen molar-refractivity contribution in [3.63, 3.8) is 0 Å². The zero-order valence-corrected chi connectivity index (χ0v) is 11.9. The minimum atomic E-state index is -0.140. The van der Waals surface area contributed by atoms with E-state index in [1.807, 2.05) is 12.1 Å². The number of pyridine rings is 1. The molecular formula is C15H24N2O2. The second-order valence-electron chi connectivity index (χ2n) is 5.67. The number of aliphatic hydroxyl groups is 1. The van der Waals surface area contributed by atoms with Crippen LogP contribution in [-0.2, 0) is 6.54 Å². The number of nitrogens with zero attached hydrogens (tertiary/aromatic N) is 1. The fourth-order valence-corrected chi connectivity index (χ4v) is 3.05. The Kier molecular flexibility index (Phi) is 4.77. The summed E-state index contributed by atoms with van der Waals surface area (Å²) in [4.78, 5) is 4.20. The summed E-state index contributed by atoms with van der Waals surface area (Å²) in [5, 5.41) is 13.3. The van der Waals surface area contributed by atoms with E-state index in [0.717, 1.165) is 18.4 Å². The highest BCUT2D eigenvalue weighted by atomic mass is 16.5. The Hall–Kier alpha value is -1.13. The van der Waals surface area contributed by atoms with Crippen molar-refractivity contribution in [3.05, 3.63) is 23.9 Å². The van der Waals surface area contributed by atoms with Gasteiger partial charge in [-0.15, -0.1) is 0 Å². The molecule has 4 nitrogen and oxygen atoms in total. The van der Waals surface area contributed by atoms with Gasteiger partial charge in [0, 0.05) is 23.8 Å². The van der Waals surface area contributed by atoms with Crippen LogP contribution < -0.4 is 10.1 Å². The molecule has 2 unspecified atom stereocenters. The van der Waals surface area contributed by atoms with Crippen molar-refractivity contribution >= 4 is 0 Å². The quantitative estimate of drug-likeness (QED) is 0.855. The largest absolute Gasteiger partial charge is 0.481 e. The number of hydrogen-bond donors (Lipinski definition) is 2. The first-order valence-corrected chi connectivity index (χ1v) is 7.03. The molecule has 2 atom stereocenters. The summed E-state index contributed by atoms with van der Waals surface area (Å²) in [5.41, 5.74) is 0.898. The fraction of sp³-hybridized carbons (Fsp3) is 0.667. The molecule has 0 amide bonds. The summed E-state index contributed by atoms with van der Waals surface area (Å²) in [6.07, 6.45) is 6.24. The first-order chi connectivity index (χ1) is 9.19. The van der Waals surface area contributed by atoms with Crippen molar-refractivity contribution in [1.82, 2.24) is 10.3 Å². The van der Waals surface area contributed by atoms with E-state index in [1.165, 1.54) is 12.8 Å². The van der Waals surface area contributed by atoms with Gasteiger partial charge in [0.05, 0.1) is 13.7 Å². The Balaban J connectivity index is 2.03. The van der Waals surface area contributed by atoms with E-state index < -0.39 is 0 Å². The van der Waals surface area contributed by atoms with Crippen molar-refractivity contribution in [2.75, 3.05) is 13.7 Å². The number of nitrogens with one attached hydrogen (secondary N) is 1. The standard InChI is InChI=1S/C15H24N2O2/c1-12-5-3-7-15(9-12,11-18)17-10-13-6-4-8-16-14(13)19-2/h4,6,8,12,17-18H,3,5,7,9-11H2,1-2H3. The zero-order valence-electron chi connectivity index (χ0n) is 11.9. The van der Waals surface area contributed by atoms with Crippen LogP contribution in [0.15, 0.2) is 18.3 Å². The maximum atomic E-state index is 9.75. The monoisotopic (exact) mass is 264 g/mol. The molecule has 1 aliphatic carbocycles. The summed E-state index contributed by atoms with van der Waals surface area (Å²) in [6, 6.07) is 3.92. The van der Waals surface area contributed by atoms with Crippen LogP contribution >= 0.6 is 0 Å². The Morgan fingerprint density at radius 1 is 1.58 bits per heavy atom. The Labute approximate surface area is 115 Å². The third-order valence-corrected chi connectivity index (χ3v) is 4.09. The van der Waals surface area contributed by atoms with Gasteiger partial charge >= 0.3 is 0 Å². The van der Waals surface area contributed by atoms with E-state index in [2.05, 4.69) is 17.2 Å². The van der Waals surface area contributed by atoms with Crippen LogP contribution in [0.2, 0.25) is 0 Å². The fourth-order valence-electron chi connectivity index (χ4n) is 3.05. The molecule has 4 heteroatoms. The molecule has 0 spiro atoms. The van der Waals surface area contributed by atoms with E-state index in [0.29, 0.717) is 18.3 Å². The Bertz CT molecular complexity index is 411. The molecule has 1 heterocycles. The molecule has 0 bridgehead atoms. The highest BCUT2D eigenvalue weighted by molar-refractivity contribution is 5.25. The molecule has 0 aliphatic heterocycles. The summed E-state index contributed by atoms with van der Waals surface area (Å²) in [7, 11) is 1.64. The summed E-state index contributed by atoms with van der Waals surface area (Å²) >= 11 is 0. The molecule has 1 fully saturated rings. The van der Waals surface area contributed by atoms with Gasteiger partial charge < -0.3 is 15.2 Å². The highest BCUT2D eigenvalue weighted by Gasteiger charge is 2.33. The zero-order chi connectivity index (χ0) is 13.7. The smallest absolute Gasteiger partial charge is 0.217 e. The lowest BCUT2D eigenvalue weighted by Gasteiger charge is -2.39. The van der Waals surface area contributed by atoms with Gasteiger partial charge in [0.15, 0.2) is 0 Å². The number of aliphatic hydroxyl groups excluding tert-OH is 1.